The van der Waals surface area contributed by atoms with Crippen molar-refractivity contribution in [1.29, 1.82) is 0 Å². The number of fused-ring (bicyclic) bond motifs is 1. The number of hydrazine groups is 1. The minimum Gasteiger partial charge on any atom is -0.379 e. The number of carbonyl (C=O) groups is 4. The van der Waals surface area contributed by atoms with E-state index in [-0.39, 0.29) is 31.8 Å². The van der Waals surface area contributed by atoms with E-state index >= 15 is 0 Å². The van der Waals surface area contributed by atoms with Gasteiger partial charge in [-0.1, -0.05) is 53.7 Å². The van der Waals surface area contributed by atoms with Gasteiger partial charge in [0, 0.05) is 11.1 Å². The third-order valence-electron chi connectivity index (χ3n) is 7.45. The van der Waals surface area contributed by atoms with Crippen molar-refractivity contribution in [1.82, 2.24) is 10.0 Å². The second-order valence-electron chi connectivity index (χ2n) is 10.3. The standard InChI is InChI=1S/C30H26Cl2N2O7S/c1-18-6-13-22(14-7-18)42(39,40)41-21-11-8-19(9-12-21)27(35)17-33(28(36)20-10-15-25(31)26(32)16-20)34-29(37)23-4-2-3-5-24(23)30(34)38/h6-16,23-24H,2-5,17H2,1H3/t23-,24+. The van der Waals surface area contributed by atoms with Gasteiger partial charge in [0.25, 0.3) is 17.7 Å². The van der Waals surface area contributed by atoms with Crippen molar-refractivity contribution in [3.8, 4) is 5.75 Å². The topological polar surface area (TPSA) is 118 Å². The van der Waals surface area contributed by atoms with Crippen LogP contribution in [0.5, 0.6) is 5.75 Å². The number of Topliss-reactive ketones (excluding diaryl/α,β-unsaturated/α-hetero) is 1. The third-order valence-corrected chi connectivity index (χ3v) is 9.45. The number of hydrogen-bond donors (Lipinski definition) is 0. The van der Waals surface area contributed by atoms with E-state index in [1.165, 1.54) is 54.6 Å². The van der Waals surface area contributed by atoms with Crippen LogP contribution in [0, 0.1) is 18.8 Å². The van der Waals surface area contributed by atoms with Crippen molar-refractivity contribution in [2.24, 2.45) is 11.8 Å². The van der Waals surface area contributed by atoms with Gasteiger partial charge in [0.2, 0.25) is 0 Å². The summed E-state index contributed by atoms with van der Waals surface area (Å²) in [5, 5.41) is 1.96. The highest BCUT2D eigenvalue weighted by molar-refractivity contribution is 7.87. The maximum atomic E-state index is 13.7. The van der Waals surface area contributed by atoms with Crippen molar-refractivity contribution in [3.05, 3.63) is 93.5 Å². The Kier molecular flexibility index (Phi) is 8.41. The van der Waals surface area contributed by atoms with E-state index in [0.29, 0.717) is 12.8 Å². The van der Waals surface area contributed by atoms with Crippen LogP contribution in [0.2, 0.25) is 10.0 Å². The van der Waals surface area contributed by atoms with Crippen LogP contribution in [0.25, 0.3) is 0 Å². The zero-order valence-corrected chi connectivity index (χ0v) is 24.8. The van der Waals surface area contributed by atoms with Gasteiger partial charge in [-0.2, -0.15) is 13.4 Å². The molecule has 2 fully saturated rings. The number of carbonyl (C=O) groups excluding carboxylic acids is 4. The number of rotatable bonds is 8. The number of hydrogen-bond acceptors (Lipinski definition) is 7. The summed E-state index contributed by atoms with van der Waals surface area (Å²) in [4.78, 5) is 53.8. The van der Waals surface area contributed by atoms with E-state index in [0.717, 1.165) is 28.4 Å². The molecule has 218 valence electrons. The molecule has 1 saturated carbocycles. The van der Waals surface area contributed by atoms with Gasteiger partial charge in [0.1, 0.15) is 17.2 Å². The summed E-state index contributed by atoms with van der Waals surface area (Å²) in [5.41, 5.74) is 1.04. The molecule has 0 N–H and O–H groups in total. The largest absolute Gasteiger partial charge is 0.379 e. The lowest BCUT2D eigenvalue weighted by atomic mass is 9.81. The van der Waals surface area contributed by atoms with Crippen LogP contribution in [0.1, 0.15) is 52.0 Å². The summed E-state index contributed by atoms with van der Waals surface area (Å²) < 4.78 is 30.5. The van der Waals surface area contributed by atoms with Crippen LogP contribution in [0.15, 0.2) is 71.6 Å². The lowest BCUT2D eigenvalue weighted by Crippen LogP contribution is -2.52. The Morgan fingerprint density at radius 3 is 2.00 bits per heavy atom. The predicted molar refractivity (Wildman–Crippen MR) is 155 cm³/mol. The quantitative estimate of drug-likeness (QED) is 0.184. The number of ketones is 1. The van der Waals surface area contributed by atoms with Crippen LogP contribution in [-0.4, -0.2) is 48.5 Å². The fourth-order valence-electron chi connectivity index (χ4n) is 5.20. The van der Waals surface area contributed by atoms with E-state index in [2.05, 4.69) is 0 Å². The Labute approximate surface area is 253 Å². The molecule has 2 atom stereocenters. The Balaban J connectivity index is 1.40. The molecule has 2 aliphatic rings. The molecule has 0 aromatic heterocycles. The number of benzene rings is 3. The van der Waals surface area contributed by atoms with Gasteiger partial charge in [-0.25, -0.2) is 5.01 Å². The highest BCUT2D eigenvalue weighted by Gasteiger charge is 2.51. The van der Waals surface area contributed by atoms with Crippen LogP contribution >= 0.6 is 23.2 Å². The summed E-state index contributed by atoms with van der Waals surface area (Å²) in [7, 11) is -4.10. The lowest BCUT2D eigenvalue weighted by Gasteiger charge is -2.30. The number of aryl methyl sites for hydroxylation is 1. The highest BCUT2D eigenvalue weighted by atomic mass is 35.5. The Hall–Kier alpha value is -3.73. The summed E-state index contributed by atoms with van der Waals surface area (Å²) >= 11 is 12.1. The second kappa shape index (κ2) is 11.9. The van der Waals surface area contributed by atoms with E-state index in [4.69, 9.17) is 27.4 Å². The minimum atomic E-state index is -4.10. The Bertz CT molecular complexity index is 1650. The molecule has 0 bridgehead atoms. The summed E-state index contributed by atoms with van der Waals surface area (Å²) in [6, 6.07) is 15.6. The molecule has 0 unspecified atom stereocenters. The maximum absolute atomic E-state index is 13.7. The van der Waals surface area contributed by atoms with Crippen molar-refractivity contribution in [2.75, 3.05) is 6.54 Å². The number of nitrogens with zero attached hydrogens (tertiary/aromatic N) is 2. The summed E-state index contributed by atoms with van der Waals surface area (Å²) in [6.07, 6.45) is 2.65. The molecule has 12 heteroatoms. The minimum absolute atomic E-state index is 0.0229. The fraction of sp³-hybridized carbons (Fsp3) is 0.267. The van der Waals surface area contributed by atoms with E-state index in [9.17, 15) is 27.6 Å². The van der Waals surface area contributed by atoms with E-state index in [1.54, 1.807) is 12.1 Å². The highest BCUT2D eigenvalue weighted by Crippen LogP contribution is 2.39. The van der Waals surface area contributed by atoms with Crippen LogP contribution in [-0.2, 0) is 19.7 Å². The summed E-state index contributed by atoms with van der Waals surface area (Å²) in [6.45, 7) is 1.20. The lowest BCUT2D eigenvalue weighted by molar-refractivity contribution is -0.154. The smallest absolute Gasteiger partial charge is 0.339 e. The third kappa shape index (κ3) is 5.92. The first-order valence-corrected chi connectivity index (χ1v) is 15.4. The van der Waals surface area contributed by atoms with Crippen molar-refractivity contribution in [2.45, 2.75) is 37.5 Å². The van der Waals surface area contributed by atoms with E-state index in [1.807, 2.05) is 6.92 Å². The normalized spacial score (nSPS) is 18.5. The average Bonchev–Trinajstić information content (AvgIpc) is 3.22. The predicted octanol–water partition coefficient (Wildman–Crippen LogP) is 5.48. The van der Waals surface area contributed by atoms with Crippen molar-refractivity contribution in [3.63, 3.8) is 0 Å². The van der Waals surface area contributed by atoms with Gasteiger partial charge in [-0.15, -0.1) is 0 Å². The van der Waals surface area contributed by atoms with Crippen molar-refractivity contribution < 1.29 is 31.8 Å². The van der Waals surface area contributed by atoms with Crippen LogP contribution in [0.3, 0.4) is 0 Å². The molecule has 1 saturated heterocycles. The molecule has 1 aliphatic heterocycles. The first-order chi connectivity index (χ1) is 20.0. The Morgan fingerprint density at radius 2 is 1.43 bits per heavy atom. The van der Waals surface area contributed by atoms with Gasteiger partial charge in [-0.3, -0.25) is 19.2 Å². The first-order valence-electron chi connectivity index (χ1n) is 13.3. The molecular formula is C30H26Cl2N2O7S. The molecule has 42 heavy (non-hydrogen) atoms. The van der Waals surface area contributed by atoms with Gasteiger partial charge >= 0.3 is 10.1 Å². The van der Waals surface area contributed by atoms with Crippen LogP contribution in [0.4, 0.5) is 0 Å². The molecule has 0 spiro atoms. The number of halogens is 2. The van der Waals surface area contributed by atoms with Gasteiger partial charge < -0.3 is 4.18 Å². The van der Waals surface area contributed by atoms with E-state index < -0.39 is 52.0 Å². The molecule has 3 aromatic rings. The monoisotopic (exact) mass is 628 g/mol. The number of amides is 3. The summed E-state index contributed by atoms with van der Waals surface area (Å²) in [5.74, 6) is -3.51. The molecule has 0 radical (unpaired) electrons. The zero-order chi connectivity index (χ0) is 30.2. The molecule has 9 nitrogen and oxygen atoms in total. The van der Waals surface area contributed by atoms with Crippen LogP contribution < -0.4 is 4.18 Å². The SMILES string of the molecule is Cc1ccc(S(=O)(=O)Oc2ccc(C(=O)CN(C(=O)c3ccc(Cl)c(Cl)c3)N3C(=O)[C@H]4CCCC[C@H]4C3=O)cc2)cc1. The van der Waals surface area contributed by atoms with Gasteiger partial charge in [-0.05, 0) is 74.4 Å². The number of imide groups is 1. The molecule has 1 heterocycles. The molecule has 5 rings (SSSR count). The van der Waals surface area contributed by atoms with Crippen molar-refractivity contribution >= 4 is 56.8 Å². The second-order valence-corrected chi connectivity index (χ2v) is 12.6. The van der Waals surface area contributed by atoms with Gasteiger partial charge in [0.15, 0.2) is 5.78 Å². The fourth-order valence-corrected chi connectivity index (χ4v) is 6.43. The molecule has 3 aromatic carbocycles. The average molecular weight is 630 g/mol. The zero-order valence-electron chi connectivity index (χ0n) is 22.5. The molecule has 1 aliphatic carbocycles. The van der Waals surface area contributed by atoms with Gasteiger partial charge in [0.05, 0.1) is 21.9 Å². The first kappa shape index (κ1) is 29.8. The molecular weight excluding hydrogens is 603 g/mol. The molecule has 3 amide bonds. The maximum Gasteiger partial charge on any atom is 0.339 e. The Morgan fingerprint density at radius 1 is 0.857 bits per heavy atom.